The van der Waals surface area contributed by atoms with Gasteiger partial charge in [0.1, 0.15) is 0 Å². The van der Waals surface area contributed by atoms with Crippen LogP contribution in [0.2, 0.25) is 0 Å². The van der Waals surface area contributed by atoms with Crippen molar-refractivity contribution in [1.82, 2.24) is 10.2 Å². The highest BCUT2D eigenvalue weighted by atomic mass is 16.5. The lowest BCUT2D eigenvalue weighted by Gasteiger charge is -2.38. The maximum Gasteiger partial charge on any atom is 0.306 e. The highest BCUT2D eigenvalue weighted by molar-refractivity contribution is 5.69. The second kappa shape index (κ2) is 7.41. The van der Waals surface area contributed by atoms with Gasteiger partial charge in [-0.25, -0.2) is 0 Å². The van der Waals surface area contributed by atoms with Crippen molar-refractivity contribution in [3.05, 3.63) is 0 Å². The van der Waals surface area contributed by atoms with E-state index in [1.807, 2.05) is 6.92 Å². The van der Waals surface area contributed by atoms with Crippen molar-refractivity contribution in [2.75, 3.05) is 26.2 Å². The minimum atomic E-state index is -0.0299. The van der Waals surface area contributed by atoms with Crippen LogP contribution in [0, 0.1) is 11.8 Å². The zero-order chi connectivity index (χ0) is 14.5. The third-order valence-electron chi connectivity index (χ3n) is 4.20. The Labute approximate surface area is 123 Å². The fourth-order valence-corrected chi connectivity index (χ4v) is 3.13. The summed E-state index contributed by atoms with van der Waals surface area (Å²) in [5.74, 6) is 1.10. The molecule has 1 aliphatic heterocycles. The number of ether oxygens (including phenoxy) is 1. The zero-order valence-electron chi connectivity index (χ0n) is 13.2. The van der Waals surface area contributed by atoms with Gasteiger partial charge in [0.25, 0.3) is 0 Å². The van der Waals surface area contributed by atoms with Crippen molar-refractivity contribution in [3.63, 3.8) is 0 Å². The van der Waals surface area contributed by atoms with Crippen molar-refractivity contribution >= 4 is 5.97 Å². The number of rotatable bonds is 7. The van der Waals surface area contributed by atoms with Crippen molar-refractivity contribution in [1.29, 1.82) is 0 Å². The van der Waals surface area contributed by atoms with Gasteiger partial charge in [-0.2, -0.15) is 0 Å². The second-order valence-corrected chi connectivity index (χ2v) is 6.79. The van der Waals surface area contributed by atoms with E-state index in [1.165, 1.54) is 12.8 Å². The molecule has 0 aromatic carbocycles. The van der Waals surface area contributed by atoms with Crippen LogP contribution >= 0.6 is 0 Å². The molecule has 1 saturated heterocycles. The summed E-state index contributed by atoms with van der Waals surface area (Å²) >= 11 is 0. The Morgan fingerprint density at radius 1 is 1.35 bits per heavy atom. The molecule has 0 bridgehead atoms. The molecule has 116 valence electrons. The number of nitrogens with zero attached hydrogens (tertiary/aromatic N) is 1. The van der Waals surface area contributed by atoms with Crippen LogP contribution in [0.15, 0.2) is 0 Å². The second-order valence-electron chi connectivity index (χ2n) is 6.79. The van der Waals surface area contributed by atoms with Crippen molar-refractivity contribution in [3.8, 4) is 0 Å². The Bertz CT molecular complexity index is 316. The first-order valence-corrected chi connectivity index (χ1v) is 8.21. The molecule has 2 unspecified atom stereocenters. The predicted molar refractivity (Wildman–Crippen MR) is 80.6 cm³/mol. The molecule has 0 radical (unpaired) electrons. The molecule has 0 spiro atoms. The first-order valence-electron chi connectivity index (χ1n) is 8.21. The van der Waals surface area contributed by atoms with Crippen LogP contribution in [-0.2, 0) is 9.53 Å². The average molecular weight is 282 g/mol. The van der Waals surface area contributed by atoms with Crippen molar-refractivity contribution in [2.24, 2.45) is 11.8 Å². The van der Waals surface area contributed by atoms with Gasteiger partial charge in [-0.05, 0) is 44.6 Å². The summed E-state index contributed by atoms with van der Waals surface area (Å²) in [6.07, 6.45) is 4.36. The van der Waals surface area contributed by atoms with Crippen LogP contribution < -0.4 is 5.32 Å². The summed E-state index contributed by atoms with van der Waals surface area (Å²) in [7, 11) is 0. The molecule has 4 heteroatoms. The molecule has 20 heavy (non-hydrogen) atoms. The van der Waals surface area contributed by atoms with E-state index in [4.69, 9.17) is 4.74 Å². The maximum absolute atomic E-state index is 11.7. The van der Waals surface area contributed by atoms with Gasteiger partial charge in [-0.1, -0.05) is 13.8 Å². The first-order chi connectivity index (χ1) is 9.58. The van der Waals surface area contributed by atoms with Crippen LogP contribution in [0.25, 0.3) is 0 Å². The van der Waals surface area contributed by atoms with Gasteiger partial charge in [-0.3, -0.25) is 9.69 Å². The van der Waals surface area contributed by atoms with E-state index in [2.05, 4.69) is 24.1 Å². The third-order valence-corrected chi connectivity index (χ3v) is 4.20. The molecule has 2 fully saturated rings. The normalized spacial score (nSPS) is 27.8. The quantitative estimate of drug-likeness (QED) is 0.726. The Morgan fingerprint density at radius 3 is 2.70 bits per heavy atom. The lowest BCUT2D eigenvalue weighted by atomic mass is 9.91. The Hall–Kier alpha value is -0.610. The van der Waals surface area contributed by atoms with Gasteiger partial charge < -0.3 is 10.1 Å². The summed E-state index contributed by atoms with van der Waals surface area (Å²) in [6, 6.07) is 1.31. The number of carbonyl (C=O) groups excluding carboxylic acids is 1. The van der Waals surface area contributed by atoms with E-state index in [0.29, 0.717) is 30.9 Å². The van der Waals surface area contributed by atoms with Crippen LogP contribution in [0.4, 0.5) is 0 Å². The van der Waals surface area contributed by atoms with Gasteiger partial charge in [0.15, 0.2) is 0 Å². The largest absolute Gasteiger partial charge is 0.466 e. The van der Waals surface area contributed by atoms with Crippen LogP contribution in [0.3, 0.4) is 0 Å². The molecule has 2 rings (SSSR count). The molecule has 4 nitrogen and oxygen atoms in total. The van der Waals surface area contributed by atoms with Crippen LogP contribution in [0.5, 0.6) is 0 Å². The molecule has 1 aliphatic carbocycles. The Morgan fingerprint density at radius 2 is 2.10 bits per heavy atom. The molecule has 0 aromatic heterocycles. The zero-order valence-corrected chi connectivity index (χ0v) is 13.2. The number of hydrogen-bond acceptors (Lipinski definition) is 4. The lowest BCUT2D eigenvalue weighted by molar-refractivity contribution is -0.144. The number of piperidine rings is 1. The number of esters is 1. The van der Waals surface area contributed by atoms with Crippen molar-refractivity contribution in [2.45, 2.75) is 58.5 Å². The third kappa shape index (κ3) is 5.06. The number of carbonyl (C=O) groups is 1. The number of hydrogen-bond donors (Lipinski definition) is 1. The van der Waals surface area contributed by atoms with Gasteiger partial charge in [0.05, 0.1) is 6.61 Å². The summed E-state index contributed by atoms with van der Waals surface area (Å²) in [6.45, 7) is 10.1. The van der Waals surface area contributed by atoms with E-state index >= 15 is 0 Å². The van der Waals surface area contributed by atoms with Crippen LogP contribution in [0.1, 0.15) is 46.5 Å². The summed E-state index contributed by atoms with van der Waals surface area (Å²) < 4.78 is 5.11. The van der Waals surface area contributed by atoms with Gasteiger partial charge >= 0.3 is 5.97 Å². The molecule has 2 atom stereocenters. The van der Waals surface area contributed by atoms with E-state index in [-0.39, 0.29) is 5.97 Å². The molecular weight excluding hydrogens is 252 g/mol. The Kier molecular flexibility index (Phi) is 5.85. The summed E-state index contributed by atoms with van der Waals surface area (Å²) in [4.78, 5) is 14.3. The highest BCUT2D eigenvalue weighted by Gasteiger charge is 2.36. The van der Waals surface area contributed by atoms with E-state index in [0.717, 1.165) is 32.1 Å². The molecule has 2 aliphatic rings. The number of likely N-dealkylation sites (tertiary alicyclic amines) is 1. The van der Waals surface area contributed by atoms with Gasteiger partial charge in [0.2, 0.25) is 0 Å². The van der Waals surface area contributed by atoms with E-state index < -0.39 is 0 Å². The SMILES string of the molecule is CCOC(=O)CC1CC(NCC(C)C)CN(C2CC2)C1. The van der Waals surface area contributed by atoms with Gasteiger partial charge in [0, 0.05) is 31.6 Å². The maximum atomic E-state index is 11.7. The van der Waals surface area contributed by atoms with E-state index in [9.17, 15) is 4.79 Å². The smallest absolute Gasteiger partial charge is 0.306 e. The molecule has 0 aromatic rings. The molecule has 1 saturated carbocycles. The van der Waals surface area contributed by atoms with Gasteiger partial charge in [-0.15, -0.1) is 0 Å². The minimum absolute atomic E-state index is 0.0299. The molecular formula is C16H30N2O2. The molecule has 1 N–H and O–H groups in total. The average Bonchev–Trinajstić information content (AvgIpc) is 3.20. The molecule has 0 amide bonds. The number of nitrogens with one attached hydrogen (secondary N) is 1. The predicted octanol–water partition coefficient (Wildman–Crippen LogP) is 2.04. The Balaban J connectivity index is 1.84. The fourth-order valence-electron chi connectivity index (χ4n) is 3.13. The minimum Gasteiger partial charge on any atom is -0.466 e. The molecule has 1 heterocycles. The summed E-state index contributed by atoms with van der Waals surface area (Å²) in [5, 5.41) is 3.68. The van der Waals surface area contributed by atoms with Crippen molar-refractivity contribution < 1.29 is 9.53 Å². The monoisotopic (exact) mass is 282 g/mol. The topological polar surface area (TPSA) is 41.6 Å². The lowest BCUT2D eigenvalue weighted by Crippen LogP contribution is -2.51. The standard InChI is InChI=1S/C16H30N2O2/c1-4-20-16(19)8-13-7-14(17-9-12(2)3)11-18(10-13)15-5-6-15/h12-15,17H,4-11H2,1-3H3. The fraction of sp³-hybridized carbons (Fsp3) is 0.938. The highest BCUT2D eigenvalue weighted by Crippen LogP contribution is 2.32. The summed E-state index contributed by atoms with van der Waals surface area (Å²) in [5.41, 5.74) is 0. The van der Waals surface area contributed by atoms with Crippen LogP contribution in [-0.4, -0.2) is 49.2 Å². The first kappa shape index (κ1) is 15.8. The van der Waals surface area contributed by atoms with E-state index in [1.54, 1.807) is 0 Å².